The largest absolute Gasteiger partial charge is 0.334 e. The molecule has 0 radical (unpaired) electrons. The van der Waals surface area contributed by atoms with Gasteiger partial charge in [-0.05, 0) is 42.3 Å². The molecule has 0 aliphatic rings. The van der Waals surface area contributed by atoms with Crippen LogP contribution >= 0.6 is 15.9 Å². The molecule has 0 heterocycles. The van der Waals surface area contributed by atoms with Crippen molar-refractivity contribution in [1.82, 2.24) is 5.32 Å². The SMILES string of the molecule is CC(N)c1cccc(NC(=O)NCc2ccc(Br)cc2)c1. The van der Waals surface area contributed by atoms with Gasteiger partial charge in [-0.1, -0.05) is 40.2 Å². The van der Waals surface area contributed by atoms with Gasteiger partial charge in [-0.15, -0.1) is 0 Å². The number of rotatable bonds is 4. The Morgan fingerprint density at radius 1 is 1.24 bits per heavy atom. The number of anilines is 1. The van der Waals surface area contributed by atoms with Crippen LogP contribution in [-0.2, 0) is 6.54 Å². The number of halogens is 1. The lowest BCUT2D eigenvalue weighted by molar-refractivity contribution is 0.251. The van der Waals surface area contributed by atoms with E-state index >= 15 is 0 Å². The van der Waals surface area contributed by atoms with Crippen LogP contribution in [0.25, 0.3) is 0 Å². The number of benzene rings is 2. The van der Waals surface area contributed by atoms with Gasteiger partial charge in [0.05, 0.1) is 0 Å². The number of urea groups is 1. The smallest absolute Gasteiger partial charge is 0.319 e. The predicted molar refractivity (Wildman–Crippen MR) is 89.0 cm³/mol. The third-order valence-electron chi connectivity index (χ3n) is 3.04. The molecule has 0 aromatic heterocycles. The molecule has 4 nitrogen and oxygen atoms in total. The lowest BCUT2D eigenvalue weighted by Crippen LogP contribution is -2.28. The maximum atomic E-state index is 11.9. The Balaban J connectivity index is 1.89. The molecule has 2 amide bonds. The molecular formula is C16H18BrN3O. The quantitative estimate of drug-likeness (QED) is 0.787. The van der Waals surface area contributed by atoms with Crippen LogP contribution in [0.15, 0.2) is 53.0 Å². The van der Waals surface area contributed by atoms with E-state index in [0.29, 0.717) is 6.54 Å². The van der Waals surface area contributed by atoms with E-state index in [2.05, 4.69) is 26.6 Å². The highest BCUT2D eigenvalue weighted by atomic mass is 79.9. The molecule has 110 valence electrons. The first-order valence-corrected chi connectivity index (χ1v) is 7.49. The van der Waals surface area contributed by atoms with Crippen LogP contribution in [-0.4, -0.2) is 6.03 Å². The first-order valence-electron chi connectivity index (χ1n) is 6.69. The van der Waals surface area contributed by atoms with Gasteiger partial charge < -0.3 is 16.4 Å². The van der Waals surface area contributed by atoms with E-state index in [1.165, 1.54) is 0 Å². The number of amides is 2. The third-order valence-corrected chi connectivity index (χ3v) is 3.57. The van der Waals surface area contributed by atoms with Crippen molar-refractivity contribution < 1.29 is 4.79 Å². The molecule has 4 N–H and O–H groups in total. The summed E-state index contributed by atoms with van der Waals surface area (Å²) in [4.78, 5) is 11.9. The molecule has 21 heavy (non-hydrogen) atoms. The first kappa shape index (κ1) is 15.5. The Morgan fingerprint density at radius 3 is 2.62 bits per heavy atom. The first-order chi connectivity index (χ1) is 10.0. The molecule has 0 saturated heterocycles. The average molecular weight is 348 g/mol. The number of hydrogen-bond donors (Lipinski definition) is 3. The second-order valence-electron chi connectivity index (χ2n) is 4.85. The van der Waals surface area contributed by atoms with Crippen LogP contribution in [0.2, 0.25) is 0 Å². The van der Waals surface area contributed by atoms with Gasteiger partial charge in [0.1, 0.15) is 0 Å². The summed E-state index contributed by atoms with van der Waals surface area (Å²) in [5.41, 5.74) is 8.59. The molecule has 2 aromatic rings. The molecule has 0 fully saturated rings. The van der Waals surface area contributed by atoms with Crippen LogP contribution in [0.3, 0.4) is 0 Å². The van der Waals surface area contributed by atoms with Crippen molar-refractivity contribution in [3.63, 3.8) is 0 Å². The van der Waals surface area contributed by atoms with Crippen molar-refractivity contribution in [3.05, 3.63) is 64.1 Å². The molecule has 1 atom stereocenters. The normalized spacial score (nSPS) is 11.8. The van der Waals surface area contributed by atoms with Crippen molar-refractivity contribution in [3.8, 4) is 0 Å². The topological polar surface area (TPSA) is 67.1 Å². The third kappa shape index (κ3) is 4.88. The van der Waals surface area contributed by atoms with E-state index in [1.807, 2.05) is 55.5 Å². The maximum absolute atomic E-state index is 11.9. The van der Waals surface area contributed by atoms with Crippen molar-refractivity contribution >= 4 is 27.6 Å². The van der Waals surface area contributed by atoms with Crippen LogP contribution in [0.1, 0.15) is 24.1 Å². The lowest BCUT2D eigenvalue weighted by atomic mass is 10.1. The second-order valence-corrected chi connectivity index (χ2v) is 5.76. The molecule has 2 aromatic carbocycles. The molecule has 0 aliphatic carbocycles. The summed E-state index contributed by atoms with van der Waals surface area (Å²) in [5.74, 6) is 0. The minimum Gasteiger partial charge on any atom is -0.334 e. The molecule has 5 heteroatoms. The fraction of sp³-hybridized carbons (Fsp3) is 0.188. The van der Waals surface area contributed by atoms with E-state index in [9.17, 15) is 4.79 Å². The highest BCUT2D eigenvalue weighted by Crippen LogP contribution is 2.15. The Hall–Kier alpha value is -1.85. The summed E-state index contributed by atoms with van der Waals surface area (Å²) < 4.78 is 1.02. The highest BCUT2D eigenvalue weighted by Gasteiger charge is 2.04. The Labute approximate surface area is 132 Å². The highest BCUT2D eigenvalue weighted by molar-refractivity contribution is 9.10. The van der Waals surface area contributed by atoms with Crippen LogP contribution in [0.4, 0.5) is 10.5 Å². The molecule has 0 bridgehead atoms. The van der Waals surface area contributed by atoms with Crippen molar-refractivity contribution in [2.45, 2.75) is 19.5 Å². The van der Waals surface area contributed by atoms with E-state index in [-0.39, 0.29) is 12.1 Å². The van der Waals surface area contributed by atoms with Gasteiger partial charge in [0.25, 0.3) is 0 Å². The van der Waals surface area contributed by atoms with E-state index < -0.39 is 0 Å². The number of nitrogens with one attached hydrogen (secondary N) is 2. The summed E-state index contributed by atoms with van der Waals surface area (Å²) in [6.45, 7) is 2.39. The Kier molecular flexibility index (Phi) is 5.36. The number of hydrogen-bond acceptors (Lipinski definition) is 2. The van der Waals surface area contributed by atoms with E-state index in [4.69, 9.17) is 5.73 Å². The second kappa shape index (κ2) is 7.24. The van der Waals surface area contributed by atoms with Crippen molar-refractivity contribution in [1.29, 1.82) is 0 Å². The summed E-state index contributed by atoms with van der Waals surface area (Å²) in [6, 6.07) is 15.1. The average Bonchev–Trinajstić information content (AvgIpc) is 2.47. The van der Waals surface area contributed by atoms with Crippen molar-refractivity contribution in [2.24, 2.45) is 5.73 Å². The number of carbonyl (C=O) groups is 1. The zero-order chi connectivity index (χ0) is 15.2. The Morgan fingerprint density at radius 2 is 1.95 bits per heavy atom. The molecule has 2 rings (SSSR count). The zero-order valence-electron chi connectivity index (χ0n) is 11.8. The summed E-state index contributed by atoms with van der Waals surface area (Å²) in [5, 5.41) is 5.62. The minimum absolute atomic E-state index is 0.0578. The summed E-state index contributed by atoms with van der Waals surface area (Å²) >= 11 is 3.38. The standard InChI is InChI=1S/C16H18BrN3O/c1-11(18)13-3-2-4-15(9-13)20-16(21)19-10-12-5-7-14(17)8-6-12/h2-9,11H,10,18H2,1H3,(H2,19,20,21). The summed E-state index contributed by atoms with van der Waals surface area (Å²) in [6.07, 6.45) is 0. The van der Waals surface area contributed by atoms with Crippen LogP contribution < -0.4 is 16.4 Å². The van der Waals surface area contributed by atoms with Crippen LogP contribution in [0.5, 0.6) is 0 Å². The molecular weight excluding hydrogens is 330 g/mol. The van der Waals surface area contributed by atoms with Gasteiger partial charge >= 0.3 is 6.03 Å². The van der Waals surface area contributed by atoms with Gasteiger partial charge in [0.2, 0.25) is 0 Å². The fourth-order valence-electron chi connectivity index (χ4n) is 1.86. The molecule has 0 aliphatic heterocycles. The van der Waals surface area contributed by atoms with Crippen LogP contribution in [0, 0.1) is 0 Å². The van der Waals surface area contributed by atoms with Gasteiger partial charge in [0, 0.05) is 22.7 Å². The summed E-state index contributed by atoms with van der Waals surface area (Å²) in [7, 11) is 0. The maximum Gasteiger partial charge on any atom is 0.319 e. The van der Waals surface area contributed by atoms with E-state index in [1.54, 1.807) is 0 Å². The minimum atomic E-state index is -0.236. The number of nitrogens with two attached hydrogens (primary N) is 1. The monoisotopic (exact) mass is 347 g/mol. The fourth-order valence-corrected chi connectivity index (χ4v) is 2.12. The van der Waals surface area contributed by atoms with Gasteiger partial charge in [0.15, 0.2) is 0 Å². The Bertz CT molecular complexity index is 611. The molecule has 0 spiro atoms. The van der Waals surface area contributed by atoms with Gasteiger partial charge in [-0.2, -0.15) is 0 Å². The van der Waals surface area contributed by atoms with Gasteiger partial charge in [-0.3, -0.25) is 0 Å². The van der Waals surface area contributed by atoms with Crippen molar-refractivity contribution in [2.75, 3.05) is 5.32 Å². The van der Waals surface area contributed by atoms with Gasteiger partial charge in [-0.25, -0.2) is 4.79 Å². The lowest BCUT2D eigenvalue weighted by Gasteiger charge is -2.10. The zero-order valence-corrected chi connectivity index (χ0v) is 13.4. The molecule has 1 unspecified atom stereocenters. The van der Waals surface area contributed by atoms with E-state index in [0.717, 1.165) is 21.3 Å². The number of carbonyl (C=O) groups excluding carboxylic acids is 1. The molecule has 0 saturated carbocycles. The predicted octanol–water partition coefficient (Wildman–Crippen LogP) is 3.79.